The molecule has 0 spiro atoms. The number of benzene rings is 1. The molecule has 0 aliphatic rings. The molecule has 1 heterocycles. The van der Waals surface area contributed by atoms with Crippen molar-refractivity contribution in [1.82, 2.24) is 4.98 Å². The molecule has 2 aromatic rings. The van der Waals surface area contributed by atoms with Gasteiger partial charge in [0.15, 0.2) is 17.3 Å². The van der Waals surface area contributed by atoms with Gasteiger partial charge in [0.1, 0.15) is 11.4 Å². The predicted molar refractivity (Wildman–Crippen MR) is 74.4 cm³/mol. The highest BCUT2D eigenvalue weighted by molar-refractivity contribution is 5.95. The molecule has 6 heteroatoms. The lowest BCUT2D eigenvalue weighted by Crippen LogP contribution is -2.14. The second kappa shape index (κ2) is 6.42. The molecule has 6 nitrogen and oxygen atoms in total. The second-order valence-corrected chi connectivity index (χ2v) is 3.84. The Balaban J connectivity index is 2.26. The van der Waals surface area contributed by atoms with E-state index in [9.17, 15) is 0 Å². The Hall–Kier alpha value is -2.76. The van der Waals surface area contributed by atoms with E-state index in [-0.39, 0.29) is 5.84 Å². The second-order valence-electron chi connectivity index (χ2n) is 3.84. The third-order valence-corrected chi connectivity index (χ3v) is 2.48. The van der Waals surface area contributed by atoms with Gasteiger partial charge in [0.25, 0.3) is 0 Å². The van der Waals surface area contributed by atoms with E-state index in [4.69, 9.17) is 20.4 Å². The lowest BCUT2D eigenvalue weighted by molar-refractivity contribution is 0.318. The zero-order valence-electron chi connectivity index (χ0n) is 11.0. The maximum Gasteiger partial charge on any atom is 0.188 e. The molecule has 0 unspecified atom stereocenters. The molecule has 3 N–H and O–H groups in total. The molecule has 20 heavy (non-hydrogen) atoms. The molecule has 0 saturated carbocycles. The molecular formula is C14H15N3O3. The van der Waals surface area contributed by atoms with Crippen molar-refractivity contribution in [3.05, 3.63) is 48.3 Å². The summed E-state index contributed by atoms with van der Waals surface area (Å²) in [6.07, 6.45) is 1.52. The van der Waals surface area contributed by atoms with Crippen molar-refractivity contribution in [2.75, 3.05) is 6.61 Å². The molecule has 0 aliphatic heterocycles. The number of hydrogen-bond donors (Lipinski definition) is 2. The van der Waals surface area contributed by atoms with E-state index in [2.05, 4.69) is 10.1 Å². The average molecular weight is 273 g/mol. The van der Waals surface area contributed by atoms with Crippen LogP contribution in [0.25, 0.3) is 0 Å². The number of para-hydroxylation sites is 2. The van der Waals surface area contributed by atoms with Gasteiger partial charge < -0.3 is 20.4 Å². The van der Waals surface area contributed by atoms with Crippen molar-refractivity contribution in [2.24, 2.45) is 10.9 Å². The predicted octanol–water partition coefficient (Wildman–Crippen LogP) is 2.37. The summed E-state index contributed by atoms with van der Waals surface area (Å²) in [5.41, 5.74) is 5.82. The van der Waals surface area contributed by atoms with Crippen LogP contribution in [-0.4, -0.2) is 22.6 Å². The number of ether oxygens (including phenoxy) is 2. The molecule has 0 fully saturated rings. The smallest absolute Gasteiger partial charge is 0.188 e. The molecule has 1 aromatic heterocycles. The minimum atomic E-state index is -0.0754. The molecule has 2 rings (SSSR count). The van der Waals surface area contributed by atoms with Gasteiger partial charge >= 0.3 is 0 Å². The van der Waals surface area contributed by atoms with Gasteiger partial charge in [-0.2, -0.15) is 0 Å². The number of hydrogen-bond acceptors (Lipinski definition) is 5. The van der Waals surface area contributed by atoms with Crippen LogP contribution in [0.1, 0.15) is 12.6 Å². The summed E-state index contributed by atoms with van der Waals surface area (Å²) in [6, 6.07) is 10.6. The summed E-state index contributed by atoms with van der Waals surface area (Å²) in [5, 5.41) is 11.6. The van der Waals surface area contributed by atoms with Crippen LogP contribution in [0.2, 0.25) is 0 Å². The minimum absolute atomic E-state index is 0.0754. The molecular weight excluding hydrogens is 258 g/mol. The number of aromatic nitrogens is 1. The SMILES string of the molecule is CCOc1ccccc1Oc1ccnc(C(N)=NO)c1. The van der Waals surface area contributed by atoms with Crippen LogP contribution in [0.5, 0.6) is 17.2 Å². The Morgan fingerprint density at radius 1 is 1.30 bits per heavy atom. The Labute approximate surface area is 116 Å². The van der Waals surface area contributed by atoms with E-state index in [0.717, 1.165) is 0 Å². The van der Waals surface area contributed by atoms with Crippen LogP contribution >= 0.6 is 0 Å². The van der Waals surface area contributed by atoms with Crippen molar-refractivity contribution in [1.29, 1.82) is 0 Å². The van der Waals surface area contributed by atoms with Crippen molar-refractivity contribution < 1.29 is 14.7 Å². The Morgan fingerprint density at radius 3 is 2.75 bits per heavy atom. The van der Waals surface area contributed by atoms with Crippen LogP contribution in [0, 0.1) is 0 Å². The zero-order valence-corrected chi connectivity index (χ0v) is 11.0. The lowest BCUT2D eigenvalue weighted by atomic mass is 10.3. The summed E-state index contributed by atoms with van der Waals surface area (Å²) in [7, 11) is 0. The van der Waals surface area contributed by atoms with Crippen LogP contribution in [0.4, 0.5) is 0 Å². The highest BCUT2D eigenvalue weighted by Crippen LogP contribution is 2.31. The highest BCUT2D eigenvalue weighted by atomic mass is 16.5. The number of nitrogens with zero attached hydrogens (tertiary/aromatic N) is 2. The number of pyridine rings is 1. The number of nitrogens with two attached hydrogens (primary N) is 1. The van der Waals surface area contributed by atoms with E-state index >= 15 is 0 Å². The van der Waals surface area contributed by atoms with Crippen molar-refractivity contribution >= 4 is 5.84 Å². The van der Waals surface area contributed by atoms with Gasteiger partial charge in [-0.25, -0.2) is 0 Å². The molecule has 104 valence electrons. The maximum absolute atomic E-state index is 8.65. The fraction of sp³-hybridized carbons (Fsp3) is 0.143. The standard InChI is InChI=1S/C14H15N3O3/c1-2-19-12-5-3-4-6-13(12)20-10-7-8-16-11(9-10)14(15)17-18/h3-9,18H,2H2,1H3,(H2,15,17). The fourth-order valence-corrected chi connectivity index (χ4v) is 1.60. The van der Waals surface area contributed by atoms with Gasteiger partial charge in [-0.15, -0.1) is 0 Å². The quantitative estimate of drug-likeness (QED) is 0.378. The monoisotopic (exact) mass is 273 g/mol. The maximum atomic E-state index is 8.65. The summed E-state index contributed by atoms with van der Waals surface area (Å²) < 4.78 is 11.2. The van der Waals surface area contributed by atoms with Gasteiger partial charge in [-0.1, -0.05) is 17.3 Å². The third-order valence-electron chi connectivity index (χ3n) is 2.48. The Morgan fingerprint density at radius 2 is 2.05 bits per heavy atom. The van der Waals surface area contributed by atoms with Gasteiger partial charge in [-0.3, -0.25) is 4.98 Å². The first kappa shape index (κ1) is 13.7. The van der Waals surface area contributed by atoms with Gasteiger partial charge in [0, 0.05) is 12.3 Å². The minimum Gasteiger partial charge on any atom is -0.490 e. The van der Waals surface area contributed by atoms with E-state index in [1.54, 1.807) is 18.2 Å². The summed E-state index contributed by atoms with van der Waals surface area (Å²) in [5.74, 6) is 1.69. The topological polar surface area (TPSA) is 90.0 Å². The van der Waals surface area contributed by atoms with Crippen LogP contribution < -0.4 is 15.2 Å². The Kier molecular flexibility index (Phi) is 4.39. The van der Waals surface area contributed by atoms with Gasteiger partial charge in [-0.05, 0) is 25.1 Å². The Bertz CT molecular complexity index is 614. The van der Waals surface area contributed by atoms with Crippen LogP contribution in [-0.2, 0) is 0 Å². The van der Waals surface area contributed by atoms with Crippen molar-refractivity contribution in [3.8, 4) is 17.2 Å². The molecule has 0 atom stereocenters. The summed E-state index contributed by atoms with van der Waals surface area (Å²) in [4.78, 5) is 3.98. The summed E-state index contributed by atoms with van der Waals surface area (Å²) >= 11 is 0. The zero-order chi connectivity index (χ0) is 14.4. The first-order chi connectivity index (χ1) is 9.74. The lowest BCUT2D eigenvalue weighted by Gasteiger charge is -2.11. The van der Waals surface area contributed by atoms with Crippen LogP contribution in [0.15, 0.2) is 47.8 Å². The average Bonchev–Trinajstić information content (AvgIpc) is 2.49. The van der Waals surface area contributed by atoms with Crippen molar-refractivity contribution in [2.45, 2.75) is 6.92 Å². The largest absolute Gasteiger partial charge is 0.490 e. The van der Waals surface area contributed by atoms with E-state index in [1.165, 1.54) is 6.20 Å². The van der Waals surface area contributed by atoms with E-state index < -0.39 is 0 Å². The molecule has 0 bridgehead atoms. The molecule has 0 radical (unpaired) electrons. The van der Waals surface area contributed by atoms with Crippen LogP contribution in [0.3, 0.4) is 0 Å². The number of amidine groups is 1. The first-order valence-electron chi connectivity index (χ1n) is 6.08. The molecule has 0 saturated heterocycles. The van der Waals surface area contributed by atoms with Gasteiger partial charge in [0.2, 0.25) is 0 Å². The number of oxime groups is 1. The molecule has 0 amide bonds. The molecule has 0 aliphatic carbocycles. The highest BCUT2D eigenvalue weighted by Gasteiger charge is 2.07. The third kappa shape index (κ3) is 3.17. The fourth-order valence-electron chi connectivity index (χ4n) is 1.60. The van der Waals surface area contributed by atoms with Crippen molar-refractivity contribution in [3.63, 3.8) is 0 Å². The summed E-state index contributed by atoms with van der Waals surface area (Å²) in [6.45, 7) is 2.45. The normalized spacial score (nSPS) is 11.2. The van der Waals surface area contributed by atoms with E-state index in [1.807, 2.05) is 25.1 Å². The molecule has 1 aromatic carbocycles. The van der Waals surface area contributed by atoms with Gasteiger partial charge in [0.05, 0.1) is 6.61 Å². The van der Waals surface area contributed by atoms with E-state index in [0.29, 0.717) is 29.5 Å². The number of rotatable bonds is 5. The first-order valence-corrected chi connectivity index (χ1v) is 6.08.